The zero-order valence-corrected chi connectivity index (χ0v) is 15.4. The largest absolute Gasteiger partial charge is 0.349 e. The third-order valence-corrected chi connectivity index (χ3v) is 7.44. The van der Waals surface area contributed by atoms with Crippen molar-refractivity contribution >= 4 is 13.8 Å². The number of hydrogen-bond acceptors (Lipinski definition) is 1. The standard InChI is InChI=1S/C18H30NOP/c1-14(15-11-9-8-10-12-15)19-16(20)13-21(17(2,3)4)18(5,6)7/h8-12,14H,13H2,1-7H3,(H,19,20). The molecule has 0 aromatic heterocycles. The summed E-state index contributed by atoms with van der Waals surface area (Å²) in [5.41, 5.74) is 1.15. The number of hydrogen-bond donors (Lipinski definition) is 1. The first-order chi connectivity index (χ1) is 9.51. The van der Waals surface area contributed by atoms with Gasteiger partial charge in [-0.15, -0.1) is 0 Å². The monoisotopic (exact) mass is 307 g/mol. The van der Waals surface area contributed by atoms with Gasteiger partial charge in [0.05, 0.1) is 6.04 Å². The Morgan fingerprint density at radius 1 is 1.05 bits per heavy atom. The van der Waals surface area contributed by atoms with Crippen LogP contribution in [0.2, 0.25) is 0 Å². The van der Waals surface area contributed by atoms with Crippen molar-refractivity contribution in [1.82, 2.24) is 5.32 Å². The first-order valence-electron chi connectivity index (χ1n) is 7.64. The van der Waals surface area contributed by atoms with Crippen LogP contribution in [-0.4, -0.2) is 22.4 Å². The zero-order valence-electron chi connectivity index (χ0n) is 14.5. The van der Waals surface area contributed by atoms with Crippen LogP contribution in [0, 0.1) is 0 Å². The van der Waals surface area contributed by atoms with Gasteiger partial charge in [-0.05, 0) is 22.8 Å². The van der Waals surface area contributed by atoms with Crippen molar-refractivity contribution in [2.75, 3.05) is 6.16 Å². The molecule has 1 N–H and O–H groups in total. The fourth-order valence-electron chi connectivity index (χ4n) is 2.74. The molecule has 0 aliphatic heterocycles. The molecule has 118 valence electrons. The molecule has 0 aliphatic carbocycles. The van der Waals surface area contributed by atoms with Gasteiger partial charge in [-0.25, -0.2) is 0 Å². The van der Waals surface area contributed by atoms with E-state index in [1.807, 2.05) is 25.1 Å². The van der Waals surface area contributed by atoms with Crippen molar-refractivity contribution in [2.45, 2.75) is 64.8 Å². The Bertz CT molecular complexity index is 442. The van der Waals surface area contributed by atoms with E-state index < -0.39 is 7.92 Å². The number of nitrogens with one attached hydrogen (secondary N) is 1. The number of benzene rings is 1. The van der Waals surface area contributed by atoms with Crippen LogP contribution in [0.3, 0.4) is 0 Å². The topological polar surface area (TPSA) is 29.1 Å². The van der Waals surface area contributed by atoms with Crippen LogP contribution in [0.15, 0.2) is 30.3 Å². The van der Waals surface area contributed by atoms with Gasteiger partial charge < -0.3 is 5.32 Å². The summed E-state index contributed by atoms with van der Waals surface area (Å²) in [5.74, 6) is 0.169. The van der Waals surface area contributed by atoms with Crippen molar-refractivity contribution in [3.05, 3.63) is 35.9 Å². The Labute approximate surface area is 131 Å². The van der Waals surface area contributed by atoms with Gasteiger partial charge in [0.2, 0.25) is 5.91 Å². The molecular weight excluding hydrogens is 277 g/mol. The summed E-state index contributed by atoms with van der Waals surface area (Å²) < 4.78 is 0. The second-order valence-corrected chi connectivity index (χ2v) is 11.5. The molecule has 1 aromatic carbocycles. The van der Waals surface area contributed by atoms with Gasteiger partial charge >= 0.3 is 0 Å². The van der Waals surface area contributed by atoms with Gasteiger partial charge in [0, 0.05) is 6.16 Å². The fraction of sp³-hybridized carbons (Fsp3) is 0.611. The Morgan fingerprint density at radius 2 is 1.52 bits per heavy atom. The molecular formula is C18H30NOP. The van der Waals surface area contributed by atoms with E-state index in [1.165, 1.54) is 0 Å². The molecule has 1 aromatic rings. The maximum Gasteiger partial charge on any atom is 0.224 e. The van der Waals surface area contributed by atoms with Crippen molar-refractivity contribution in [3.8, 4) is 0 Å². The fourth-order valence-corrected chi connectivity index (χ4v) is 6.08. The highest BCUT2D eigenvalue weighted by atomic mass is 31.1. The van der Waals surface area contributed by atoms with Gasteiger partial charge in [0.25, 0.3) is 0 Å². The summed E-state index contributed by atoms with van der Waals surface area (Å²) in [6.07, 6.45) is 0.638. The molecule has 0 radical (unpaired) electrons. The molecule has 0 heterocycles. The number of carbonyl (C=O) groups excluding carboxylic acids is 1. The van der Waals surface area contributed by atoms with Crippen molar-refractivity contribution in [3.63, 3.8) is 0 Å². The van der Waals surface area contributed by atoms with Gasteiger partial charge in [-0.1, -0.05) is 79.8 Å². The van der Waals surface area contributed by atoms with Crippen molar-refractivity contribution < 1.29 is 4.79 Å². The van der Waals surface area contributed by atoms with Crippen molar-refractivity contribution in [1.29, 1.82) is 0 Å². The minimum absolute atomic E-state index is 0.0653. The first kappa shape index (κ1) is 18.2. The predicted molar refractivity (Wildman–Crippen MR) is 94.3 cm³/mol. The summed E-state index contributed by atoms with van der Waals surface area (Å²) in [6.45, 7) is 15.5. The van der Waals surface area contributed by atoms with E-state index >= 15 is 0 Å². The average Bonchev–Trinajstić information content (AvgIpc) is 2.34. The Hall–Kier alpha value is -0.880. The molecule has 1 rings (SSSR count). The molecule has 21 heavy (non-hydrogen) atoms. The lowest BCUT2D eigenvalue weighted by molar-refractivity contribution is -0.119. The molecule has 0 saturated heterocycles. The molecule has 0 spiro atoms. The van der Waals surface area contributed by atoms with Gasteiger partial charge in [-0.2, -0.15) is 0 Å². The smallest absolute Gasteiger partial charge is 0.224 e. The molecule has 3 heteroatoms. The average molecular weight is 307 g/mol. The minimum Gasteiger partial charge on any atom is -0.349 e. The number of carbonyl (C=O) groups is 1. The normalized spacial score (nSPS) is 14.1. The summed E-state index contributed by atoms with van der Waals surface area (Å²) in [6, 6.07) is 10.2. The highest BCUT2D eigenvalue weighted by Gasteiger charge is 2.35. The van der Waals surface area contributed by atoms with E-state index in [0.717, 1.165) is 5.56 Å². The highest BCUT2D eigenvalue weighted by molar-refractivity contribution is 7.61. The van der Waals surface area contributed by atoms with E-state index in [4.69, 9.17) is 0 Å². The quantitative estimate of drug-likeness (QED) is 0.784. The molecule has 1 amide bonds. The van der Waals surface area contributed by atoms with Crippen LogP contribution < -0.4 is 5.32 Å². The maximum atomic E-state index is 12.4. The number of rotatable bonds is 4. The summed E-state index contributed by atoms with van der Waals surface area (Å²) in [4.78, 5) is 12.4. The molecule has 0 fully saturated rings. The van der Waals surface area contributed by atoms with E-state index in [0.29, 0.717) is 6.16 Å². The van der Waals surface area contributed by atoms with Crippen LogP contribution in [-0.2, 0) is 4.79 Å². The summed E-state index contributed by atoms with van der Waals surface area (Å²) >= 11 is 0. The second kappa shape index (κ2) is 6.92. The molecule has 0 aliphatic rings. The lowest BCUT2D eigenvalue weighted by Crippen LogP contribution is -2.35. The third kappa shape index (κ3) is 5.79. The lowest BCUT2D eigenvalue weighted by atomic mass is 10.1. The molecule has 1 unspecified atom stereocenters. The minimum atomic E-state index is -0.394. The van der Waals surface area contributed by atoms with Crippen molar-refractivity contribution in [2.24, 2.45) is 0 Å². The van der Waals surface area contributed by atoms with Gasteiger partial charge in [0.15, 0.2) is 0 Å². The summed E-state index contributed by atoms with van der Waals surface area (Å²) in [7, 11) is -0.394. The van der Waals surface area contributed by atoms with E-state index in [2.05, 4.69) is 59.0 Å². The Balaban J connectivity index is 2.71. The maximum absolute atomic E-state index is 12.4. The molecule has 0 saturated carbocycles. The van der Waals surface area contributed by atoms with Crippen LogP contribution >= 0.6 is 7.92 Å². The Kier molecular flexibility index (Phi) is 5.99. The highest BCUT2D eigenvalue weighted by Crippen LogP contribution is 2.58. The van der Waals surface area contributed by atoms with Gasteiger partial charge in [-0.3, -0.25) is 4.79 Å². The van der Waals surface area contributed by atoms with E-state index in [1.54, 1.807) is 0 Å². The molecule has 1 atom stereocenters. The lowest BCUT2D eigenvalue weighted by Gasteiger charge is -2.41. The first-order valence-corrected chi connectivity index (χ1v) is 9.16. The Morgan fingerprint density at radius 3 is 1.95 bits per heavy atom. The zero-order chi connectivity index (χ0) is 16.3. The van der Waals surface area contributed by atoms with E-state index in [9.17, 15) is 4.79 Å². The van der Waals surface area contributed by atoms with E-state index in [-0.39, 0.29) is 22.3 Å². The SMILES string of the molecule is CC(NC(=O)CP(C(C)(C)C)C(C)(C)C)c1ccccc1. The second-order valence-electron chi connectivity index (χ2n) is 7.63. The van der Waals surface area contributed by atoms with Gasteiger partial charge in [0.1, 0.15) is 0 Å². The molecule has 2 nitrogen and oxygen atoms in total. The predicted octanol–water partition coefficient (Wildman–Crippen LogP) is 4.94. The summed E-state index contributed by atoms with van der Waals surface area (Å²) in [5, 5.41) is 3.51. The molecule has 0 bridgehead atoms. The van der Waals surface area contributed by atoms with Crippen LogP contribution in [0.1, 0.15) is 60.1 Å². The third-order valence-electron chi connectivity index (χ3n) is 3.60. The number of amides is 1. The van der Waals surface area contributed by atoms with Crippen LogP contribution in [0.5, 0.6) is 0 Å². The van der Waals surface area contributed by atoms with Crippen LogP contribution in [0.4, 0.5) is 0 Å². The van der Waals surface area contributed by atoms with Crippen LogP contribution in [0.25, 0.3) is 0 Å².